The summed E-state index contributed by atoms with van der Waals surface area (Å²) in [6.45, 7) is 0. The molecule has 7 nitrogen and oxygen atoms in total. The average molecular weight is 549 g/mol. The summed E-state index contributed by atoms with van der Waals surface area (Å²) in [6, 6.07) is 34.5. The van der Waals surface area contributed by atoms with Crippen molar-refractivity contribution in [2.45, 2.75) is 24.0 Å². The van der Waals surface area contributed by atoms with Crippen molar-refractivity contribution in [1.82, 2.24) is 9.80 Å². The van der Waals surface area contributed by atoms with E-state index < -0.39 is 47.3 Å². The lowest BCUT2D eigenvalue weighted by Gasteiger charge is -2.48. The van der Waals surface area contributed by atoms with Gasteiger partial charge in [-0.05, 0) is 22.3 Å². The lowest BCUT2D eigenvalue weighted by atomic mass is 9.63. The van der Waals surface area contributed by atoms with E-state index in [0.29, 0.717) is 22.3 Å². The van der Waals surface area contributed by atoms with Crippen molar-refractivity contribution < 1.29 is 24.6 Å². The molecule has 1 aliphatic heterocycles. The van der Waals surface area contributed by atoms with Crippen LogP contribution in [-0.4, -0.2) is 52.0 Å². The van der Waals surface area contributed by atoms with Gasteiger partial charge < -0.3 is 10.2 Å². The van der Waals surface area contributed by atoms with Crippen LogP contribution < -0.4 is 0 Å². The maximum atomic E-state index is 14.3. The van der Waals surface area contributed by atoms with Gasteiger partial charge in [0.2, 0.25) is 11.8 Å². The zero-order valence-electron chi connectivity index (χ0n) is 23.0. The number of benzene rings is 4. The molecule has 208 valence electrons. The van der Waals surface area contributed by atoms with E-state index in [9.17, 15) is 24.6 Å². The molecular weight excluding hydrogens is 516 g/mol. The number of amides is 4. The van der Waals surface area contributed by atoms with Gasteiger partial charge in [0.25, 0.3) is 0 Å². The fourth-order valence-corrected chi connectivity index (χ4v) is 5.97. The first-order valence-corrected chi connectivity index (χ1v) is 13.4. The molecule has 0 saturated carbocycles. The fraction of sp³-hybridized carbons (Fsp3) is 0.206. The second-order valence-electron chi connectivity index (χ2n) is 10.6. The van der Waals surface area contributed by atoms with Crippen molar-refractivity contribution in [3.05, 3.63) is 144 Å². The predicted octanol–water partition coefficient (Wildman–Crippen LogP) is 4.68. The lowest BCUT2D eigenvalue weighted by Crippen LogP contribution is -2.65. The van der Waals surface area contributed by atoms with Crippen molar-refractivity contribution in [1.29, 1.82) is 0 Å². The zero-order valence-corrected chi connectivity index (χ0v) is 23.0. The summed E-state index contributed by atoms with van der Waals surface area (Å²) in [6.07, 6.45) is -0.842. The van der Waals surface area contributed by atoms with Gasteiger partial charge in [0, 0.05) is 26.9 Å². The molecular formula is C34H32N2O5. The first-order chi connectivity index (χ1) is 19.6. The van der Waals surface area contributed by atoms with E-state index in [1.165, 1.54) is 14.1 Å². The zero-order chi connectivity index (χ0) is 29.3. The van der Waals surface area contributed by atoms with Crippen LogP contribution in [0.1, 0.15) is 35.1 Å². The van der Waals surface area contributed by atoms with Crippen molar-refractivity contribution in [3.8, 4) is 0 Å². The van der Waals surface area contributed by atoms with Crippen molar-refractivity contribution in [2.75, 3.05) is 14.1 Å². The maximum Gasteiger partial charge on any atom is 0.332 e. The van der Waals surface area contributed by atoms with Gasteiger partial charge >= 0.3 is 6.03 Å². The molecule has 1 heterocycles. The van der Waals surface area contributed by atoms with Gasteiger partial charge in [-0.25, -0.2) is 4.79 Å². The minimum atomic E-state index is -2.04. The molecule has 0 aliphatic carbocycles. The molecule has 1 saturated heterocycles. The van der Waals surface area contributed by atoms with Crippen LogP contribution in [0.4, 0.5) is 4.79 Å². The quantitative estimate of drug-likeness (QED) is 0.312. The fourth-order valence-electron chi connectivity index (χ4n) is 5.97. The highest BCUT2D eigenvalue weighted by atomic mass is 16.3. The number of carbonyl (C=O) groups excluding carboxylic acids is 3. The first-order valence-electron chi connectivity index (χ1n) is 13.4. The molecule has 2 N–H and O–H groups in total. The molecule has 1 aliphatic rings. The van der Waals surface area contributed by atoms with E-state index >= 15 is 0 Å². The first kappa shape index (κ1) is 28.0. The van der Waals surface area contributed by atoms with E-state index in [1.54, 1.807) is 97.1 Å². The average Bonchev–Trinajstić information content (AvgIpc) is 3.03. The number of urea groups is 1. The van der Waals surface area contributed by atoms with E-state index in [1.807, 2.05) is 24.3 Å². The van der Waals surface area contributed by atoms with Crippen LogP contribution in [0.15, 0.2) is 121 Å². The summed E-state index contributed by atoms with van der Waals surface area (Å²) in [5, 5.41) is 25.2. The normalized spacial score (nSPS) is 15.8. The topological polar surface area (TPSA) is 98.2 Å². The van der Waals surface area contributed by atoms with Gasteiger partial charge in [-0.15, -0.1) is 0 Å². The molecule has 0 bridgehead atoms. The molecule has 0 spiro atoms. The predicted molar refractivity (Wildman–Crippen MR) is 154 cm³/mol. The minimum Gasteiger partial charge on any atom is -0.380 e. The standard InChI is InChI=1S/C34H32N2O5/c1-35-29(37)32(30(38)36(2)31(35)39,23-33(40,25-15-7-3-8-16-25)26-17-9-4-10-18-26)24-34(41,27-19-11-5-12-20-27)28-21-13-6-14-22-28/h3-22,40-41H,23-24H2,1-2H3. The Balaban J connectivity index is 1.78. The monoisotopic (exact) mass is 548 g/mol. The highest BCUT2D eigenvalue weighted by Gasteiger charge is 2.62. The van der Waals surface area contributed by atoms with Gasteiger partial charge in [0.05, 0.1) is 0 Å². The molecule has 0 radical (unpaired) electrons. The molecule has 4 aromatic rings. The SMILES string of the molecule is CN1C(=O)N(C)C(=O)C(CC(O)(c2ccccc2)c2ccccc2)(CC(O)(c2ccccc2)c2ccccc2)C1=O. The summed E-state index contributed by atoms with van der Waals surface area (Å²) in [5.41, 5.74) is -3.83. The van der Waals surface area contributed by atoms with E-state index in [4.69, 9.17) is 0 Å². The summed E-state index contributed by atoms with van der Waals surface area (Å²) >= 11 is 0. The van der Waals surface area contributed by atoms with Crippen LogP contribution in [0.5, 0.6) is 0 Å². The van der Waals surface area contributed by atoms with E-state index in [2.05, 4.69) is 0 Å². The van der Waals surface area contributed by atoms with Crippen LogP contribution in [0, 0.1) is 5.41 Å². The van der Waals surface area contributed by atoms with Gasteiger partial charge in [0.1, 0.15) is 16.6 Å². The molecule has 41 heavy (non-hydrogen) atoms. The summed E-state index contributed by atoms with van der Waals surface area (Å²) < 4.78 is 0. The highest BCUT2D eigenvalue weighted by Crippen LogP contribution is 2.51. The lowest BCUT2D eigenvalue weighted by molar-refractivity contribution is -0.167. The number of barbiturate groups is 1. The molecule has 0 aromatic heterocycles. The number of carbonyl (C=O) groups is 3. The smallest absolute Gasteiger partial charge is 0.332 e. The van der Waals surface area contributed by atoms with E-state index in [0.717, 1.165) is 9.80 Å². The third-order valence-electron chi connectivity index (χ3n) is 8.12. The van der Waals surface area contributed by atoms with Gasteiger partial charge in [-0.2, -0.15) is 0 Å². The second-order valence-corrected chi connectivity index (χ2v) is 10.6. The Kier molecular flexibility index (Phi) is 7.34. The molecule has 7 heteroatoms. The Bertz CT molecular complexity index is 1350. The Morgan fingerprint density at radius 2 is 0.756 bits per heavy atom. The Labute approximate surface area is 239 Å². The summed E-state index contributed by atoms with van der Waals surface area (Å²) in [4.78, 5) is 43.4. The van der Waals surface area contributed by atoms with Crippen LogP contribution >= 0.6 is 0 Å². The Hall–Kier alpha value is -4.59. The number of imide groups is 2. The molecule has 4 aromatic carbocycles. The Morgan fingerprint density at radius 3 is 1.00 bits per heavy atom. The summed E-state index contributed by atoms with van der Waals surface area (Å²) in [7, 11) is 2.63. The van der Waals surface area contributed by atoms with Crippen molar-refractivity contribution in [2.24, 2.45) is 5.41 Å². The second kappa shape index (κ2) is 10.8. The molecule has 5 rings (SSSR count). The highest BCUT2D eigenvalue weighted by molar-refractivity contribution is 6.19. The maximum absolute atomic E-state index is 14.3. The Morgan fingerprint density at radius 1 is 0.512 bits per heavy atom. The minimum absolute atomic E-state index is 0.421. The molecule has 1 fully saturated rings. The third-order valence-corrected chi connectivity index (χ3v) is 8.12. The molecule has 0 unspecified atom stereocenters. The molecule has 0 atom stereocenters. The van der Waals surface area contributed by atoms with Gasteiger partial charge in [-0.1, -0.05) is 121 Å². The van der Waals surface area contributed by atoms with Crippen LogP contribution in [0.3, 0.4) is 0 Å². The van der Waals surface area contributed by atoms with Crippen LogP contribution in [0.2, 0.25) is 0 Å². The molecule has 4 amide bonds. The van der Waals surface area contributed by atoms with Crippen LogP contribution in [-0.2, 0) is 20.8 Å². The number of hydrogen-bond donors (Lipinski definition) is 2. The summed E-state index contributed by atoms with van der Waals surface area (Å²) in [5.74, 6) is -1.58. The van der Waals surface area contributed by atoms with Crippen molar-refractivity contribution >= 4 is 17.8 Å². The largest absolute Gasteiger partial charge is 0.380 e. The van der Waals surface area contributed by atoms with Crippen LogP contribution in [0.25, 0.3) is 0 Å². The van der Waals surface area contributed by atoms with Crippen molar-refractivity contribution in [3.63, 3.8) is 0 Å². The number of rotatable bonds is 8. The van der Waals surface area contributed by atoms with Gasteiger partial charge in [0.15, 0.2) is 0 Å². The van der Waals surface area contributed by atoms with Gasteiger partial charge in [-0.3, -0.25) is 19.4 Å². The number of hydrogen-bond acceptors (Lipinski definition) is 5. The number of nitrogens with zero attached hydrogens (tertiary/aromatic N) is 2. The third kappa shape index (κ3) is 4.73. The number of aliphatic hydroxyl groups is 2. The van der Waals surface area contributed by atoms with E-state index in [-0.39, 0.29) is 0 Å².